The molecule has 0 aliphatic rings. The van der Waals surface area contributed by atoms with Gasteiger partial charge in [-0.05, 0) is 13.3 Å². The lowest BCUT2D eigenvalue weighted by Gasteiger charge is -2.10. The standard InChI is InChI=1S/C8H16O5S/c1-8(12-2)14(10,11)7-13-6-4-3-5-9/h5,8H,3-4,6-7H2,1-2H3. The minimum absolute atomic E-state index is 0.272. The smallest absolute Gasteiger partial charge is 0.200 e. The average molecular weight is 224 g/mol. The summed E-state index contributed by atoms with van der Waals surface area (Å²) >= 11 is 0. The fraction of sp³-hybridized carbons (Fsp3) is 0.875. The van der Waals surface area contributed by atoms with Crippen molar-refractivity contribution in [2.24, 2.45) is 0 Å². The maximum atomic E-state index is 11.3. The third-order valence-corrected chi connectivity index (χ3v) is 3.40. The normalized spacial score (nSPS) is 13.9. The van der Waals surface area contributed by atoms with E-state index in [-0.39, 0.29) is 12.5 Å². The molecule has 0 N–H and O–H groups in total. The van der Waals surface area contributed by atoms with Crippen LogP contribution in [-0.4, -0.2) is 39.8 Å². The molecule has 1 atom stereocenters. The number of aldehydes is 1. The van der Waals surface area contributed by atoms with Crippen molar-refractivity contribution in [1.29, 1.82) is 0 Å². The van der Waals surface area contributed by atoms with Crippen molar-refractivity contribution in [3.63, 3.8) is 0 Å². The zero-order chi connectivity index (χ0) is 11.0. The summed E-state index contributed by atoms with van der Waals surface area (Å²) in [6, 6.07) is 0. The van der Waals surface area contributed by atoms with E-state index in [2.05, 4.69) is 4.74 Å². The van der Waals surface area contributed by atoms with E-state index >= 15 is 0 Å². The van der Waals surface area contributed by atoms with Crippen molar-refractivity contribution in [3.8, 4) is 0 Å². The molecule has 0 aliphatic heterocycles. The van der Waals surface area contributed by atoms with Crippen LogP contribution < -0.4 is 0 Å². The zero-order valence-electron chi connectivity index (χ0n) is 8.43. The van der Waals surface area contributed by atoms with Crippen LogP contribution in [0.2, 0.25) is 0 Å². The van der Waals surface area contributed by atoms with E-state index in [1.54, 1.807) is 0 Å². The Hall–Kier alpha value is -0.460. The van der Waals surface area contributed by atoms with Gasteiger partial charge in [0.15, 0.2) is 11.4 Å². The lowest BCUT2D eigenvalue weighted by atomic mass is 10.4. The lowest BCUT2D eigenvalue weighted by molar-refractivity contribution is -0.108. The second-order valence-corrected chi connectivity index (χ2v) is 5.03. The van der Waals surface area contributed by atoms with Crippen molar-refractivity contribution < 1.29 is 22.7 Å². The molecule has 6 heteroatoms. The molecule has 0 radical (unpaired) electrons. The molecule has 5 nitrogen and oxygen atoms in total. The van der Waals surface area contributed by atoms with E-state index in [0.717, 1.165) is 6.29 Å². The number of sulfone groups is 1. The van der Waals surface area contributed by atoms with Crippen LogP contribution in [0.25, 0.3) is 0 Å². The van der Waals surface area contributed by atoms with Crippen LogP contribution in [0.4, 0.5) is 0 Å². The molecule has 0 amide bonds. The summed E-state index contributed by atoms with van der Waals surface area (Å²) in [6.07, 6.45) is 1.70. The van der Waals surface area contributed by atoms with E-state index in [4.69, 9.17) is 4.74 Å². The third-order valence-electron chi connectivity index (χ3n) is 1.70. The molecular weight excluding hydrogens is 208 g/mol. The minimum Gasteiger partial charge on any atom is -0.366 e. The van der Waals surface area contributed by atoms with Gasteiger partial charge in [-0.15, -0.1) is 0 Å². The molecule has 1 unspecified atom stereocenters. The average Bonchev–Trinajstić information content (AvgIpc) is 2.16. The minimum atomic E-state index is -3.33. The third kappa shape index (κ3) is 5.31. The Morgan fingerprint density at radius 3 is 2.57 bits per heavy atom. The summed E-state index contributed by atoms with van der Waals surface area (Å²) in [5.41, 5.74) is -0.853. The van der Waals surface area contributed by atoms with Gasteiger partial charge in [-0.2, -0.15) is 0 Å². The van der Waals surface area contributed by atoms with Crippen molar-refractivity contribution in [2.45, 2.75) is 25.2 Å². The van der Waals surface area contributed by atoms with Gasteiger partial charge in [-0.25, -0.2) is 8.42 Å². The lowest BCUT2D eigenvalue weighted by Crippen LogP contribution is -2.24. The summed E-state index contributed by atoms with van der Waals surface area (Å²) in [6.45, 7) is 1.72. The highest BCUT2D eigenvalue weighted by atomic mass is 32.2. The number of unbranched alkanes of at least 4 members (excludes halogenated alkanes) is 1. The molecule has 0 saturated carbocycles. The summed E-state index contributed by atoms with van der Waals surface area (Å²) in [7, 11) is -2.00. The number of hydrogen-bond donors (Lipinski definition) is 0. The maximum Gasteiger partial charge on any atom is 0.200 e. The van der Waals surface area contributed by atoms with Gasteiger partial charge in [0.25, 0.3) is 0 Å². The van der Waals surface area contributed by atoms with Crippen molar-refractivity contribution in [2.75, 3.05) is 19.7 Å². The molecule has 0 heterocycles. The quantitative estimate of drug-likeness (QED) is 0.439. The summed E-state index contributed by atoms with van der Waals surface area (Å²) < 4.78 is 32.1. The van der Waals surface area contributed by atoms with Gasteiger partial charge in [-0.3, -0.25) is 0 Å². The van der Waals surface area contributed by atoms with E-state index < -0.39 is 15.3 Å². The first-order valence-corrected chi connectivity index (χ1v) is 6.02. The number of hydrogen-bond acceptors (Lipinski definition) is 5. The fourth-order valence-electron chi connectivity index (χ4n) is 0.686. The first-order chi connectivity index (χ1) is 6.54. The first kappa shape index (κ1) is 13.5. The topological polar surface area (TPSA) is 69.7 Å². The van der Waals surface area contributed by atoms with Crippen molar-refractivity contribution in [3.05, 3.63) is 0 Å². The van der Waals surface area contributed by atoms with Gasteiger partial charge in [-0.1, -0.05) is 0 Å². The molecule has 0 aromatic rings. The number of carbonyl (C=O) groups excluding carboxylic acids is 1. The van der Waals surface area contributed by atoms with Crippen LogP contribution in [0.15, 0.2) is 0 Å². The second-order valence-electron chi connectivity index (χ2n) is 2.80. The highest BCUT2D eigenvalue weighted by Crippen LogP contribution is 2.03. The summed E-state index contributed by atoms with van der Waals surface area (Å²) in [4.78, 5) is 9.93. The molecule has 0 spiro atoms. The van der Waals surface area contributed by atoms with Gasteiger partial charge in [0, 0.05) is 20.1 Å². The molecule has 0 rings (SSSR count). The van der Waals surface area contributed by atoms with Crippen LogP contribution in [0, 0.1) is 0 Å². The number of methoxy groups -OCH3 is 1. The van der Waals surface area contributed by atoms with Crippen LogP contribution in [0.1, 0.15) is 19.8 Å². The van der Waals surface area contributed by atoms with Crippen molar-refractivity contribution >= 4 is 16.1 Å². The Morgan fingerprint density at radius 1 is 1.43 bits per heavy atom. The van der Waals surface area contributed by atoms with E-state index in [1.807, 2.05) is 0 Å². The summed E-state index contributed by atoms with van der Waals surface area (Å²) in [5, 5.41) is 0. The second kappa shape index (κ2) is 6.92. The Morgan fingerprint density at radius 2 is 2.07 bits per heavy atom. The molecule has 0 bridgehead atoms. The molecule has 0 aliphatic carbocycles. The van der Waals surface area contributed by atoms with Gasteiger partial charge in [0.2, 0.25) is 9.84 Å². The predicted molar refractivity (Wildman–Crippen MR) is 51.5 cm³/mol. The van der Waals surface area contributed by atoms with Gasteiger partial charge in [0.1, 0.15) is 6.29 Å². The Labute approximate surface area is 84.3 Å². The monoisotopic (exact) mass is 224 g/mol. The highest BCUT2D eigenvalue weighted by molar-refractivity contribution is 7.91. The first-order valence-electron chi connectivity index (χ1n) is 4.30. The predicted octanol–water partition coefficient (Wildman–Crippen LogP) is 0.347. The molecule has 84 valence electrons. The maximum absolute atomic E-state index is 11.3. The van der Waals surface area contributed by atoms with E-state index in [1.165, 1.54) is 14.0 Å². The largest absolute Gasteiger partial charge is 0.366 e. The van der Waals surface area contributed by atoms with Crippen LogP contribution in [0.3, 0.4) is 0 Å². The Kier molecular flexibility index (Phi) is 6.69. The zero-order valence-corrected chi connectivity index (χ0v) is 9.25. The van der Waals surface area contributed by atoms with Gasteiger partial charge < -0.3 is 14.3 Å². The Bertz CT molecular complexity index is 246. The number of ether oxygens (including phenoxy) is 2. The highest BCUT2D eigenvalue weighted by Gasteiger charge is 2.19. The van der Waals surface area contributed by atoms with E-state index in [9.17, 15) is 13.2 Å². The van der Waals surface area contributed by atoms with Crippen LogP contribution in [-0.2, 0) is 24.1 Å². The SMILES string of the molecule is COC(C)S(=O)(=O)COCCCC=O. The van der Waals surface area contributed by atoms with Crippen molar-refractivity contribution in [1.82, 2.24) is 0 Å². The van der Waals surface area contributed by atoms with Crippen LogP contribution in [0.5, 0.6) is 0 Å². The Balaban J connectivity index is 3.72. The molecule has 0 aromatic heterocycles. The molecule has 0 saturated heterocycles. The molecular formula is C8H16O5S. The van der Waals surface area contributed by atoms with Gasteiger partial charge in [0.05, 0.1) is 0 Å². The number of rotatable bonds is 8. The van der Waals surface area contributed by atoms with Crippen LogP contribution >= 0.6 is 0 Å². The number of carbonyl (C=O) groups is 1. The van der Waals surface area contributed by atoms with E-state index in [0.29, 0.717) is 12.8 Å². The molecule has 0 aromatic carbocycles. The fourth-order valence-corrected chi connectivity index (χ4v) is 1.52. The molecule has 0 fully saturated rings. The molecule has 14 heavy (non-hydrogen) atoms. The summed E-state index contributed by atoms with van der Waals surface area (Å²) in [5.74, 6) is -0.360. The van der Waals surface area contributed by atoms with Gasteiger partial charge >= 0.3 is 0 Å².